The van der Waals surface area contributed by atoms with Gasteiger partial charge in [0.05, 0.1) is 12.8 Å². The van der Waals surface area contributed by atoms with Gasteiger partial charge >= 0.3 is 0 Å². The molecule has 23 heavy (non-hydrogen) atoms. The molecule has 0 unspecified atom stereocenters. The van der Waals surface area contributed by atoms with Crippen molar-refractivity contribution in [2.45, 2.75) is 19.3 Å². The fraction of sp³-hybridized carbons (Fsp3) is 0.316. The van der Waals surface area contributed by atoms with Gasteiger partial charge < -0.3 is 9.64 Å². The molecule has 0 saturated carbocycles. The van der Waals surface area contributed by atoms with Crippen LogP contribution in [0.1, 0.15) is 24.8 Å². The van der Waals surface area contributed by atoms with Crippen LogP contribution in [0.3, 0.4) is 0 Å². The molecule has 2 aromatic carbocycles. The first-order chi connectivity index (χ1) is 11.3. The lowest BCUT2D eigenvalue weighted by Gasteiger charge is -2.29. The molecule has 1 fully saturated rings. The number of nitrogens with zero attached hydrogens (tertiary/aromatic N) is 2. The molecule has 0 aliphatic carbocycles. The van der Waals surface area contributed by atoms with E-state index in [0.717, 1.165) is 24.4 Å². The third-order valence-corrected chi connectivity index (χ3v) is 4.12. The summed E-state index contributed by atoms with van der Waals surface area (Å²) in [7, 11) is 1.67. The number of benzene rings is 2. The number of aliphatic imine (C=N–C) groups is 1. The Bertz CT molecular complexity index is 676. The molecule has 120 valence electrons. The van der Waals surface area contributed by atoms with Gasteiger partial charge in [0.15, 0.2) is 0 Å². The van der Waals surface area contributed by atoms with E-state index in [1.54, 1.807) is 25.5 Å². The maximum atomic E-state index is 12.9. The highest BCUT2D eigenvalue weighted by Crippen LogP contribution is 2.27. The largest absolute Gasteiger partial charge is 0.496 e. The van der Waals surface area contributed by atoms with Crippen LogP contribution in [0, 0.1) is 5.82 Å². The van der Waals surface area contributed by atoms with Gasteiger partial charge in [-0.25, -0.2) is 4.39 Å². The molecule has 4 heteroatoms. The molecule has 0 radical (unpaired) electrons. The minimum absolute atomic E-state index is 0.257. The summed E-state index contributed by atoms with van der Waals surface area (Å²) in [4.78, 5) is 6.78. The standard InChI is InChI=1S/C19H21FN2O/c1-23-19-13-18(22-11-3-2-4-12-22)10-5-15(19)14-21-17-8-6-16(20)7-9-17/h5-10,13-14H,2-4,11-12H2,1H3. The van der Waals surface area contributed by atoms with Crippen LogP contribution in [-0.2, 0) is 0 Å². The van der Waals surface area contributed by atoms with Crippen molar-refractivity contribution in [1.82, 2.24) is 0 Å². The summed E-state index contributed by atoms with van der Waals surface area (Å²) in [5, 5.41) is 0. The average Bonchev–Trinajstić information content (AvgIpc) is 2.62. The molecule has 0 atom stereocenters. The number of rotatable bonds is 4. The Balaban J connectivity index is 1.80. The van der Waals surface area contributed by atoms with E-state index >= 15 is 0 Å². The fourth-order valence-electron chi connectivity index (χ4n) is 2.83. The van der Waals surface area contributed by atoms with Crippen molar-refractivity contribution in [2.24, 2.45) is 4.99 Å². The first-order valence-corrected chi connectivity index (χ1v) is 7.99. The van der Waals surface area contributed by atoms with Gasteiger partial charge in [0.25, 0.3) is 0 Å². The van der Waals surface area contributed by atoms with E-state index < -0.39 is 0 Å². The first kappa shape index (κ1) is 15.5. The Morgan fingerprint density at radius 2 is 1.78 bits per heavy atom. The summed E-state index contributed by atoms with van der Waals surface area (Å²) in [6, 6.07) is 12.3. The molecule has 0 N–H and O–H groups in total. The monoisotopic (exact) mass is 312 g/mol. The fourth-order valence-corrected chi connectivity index (χ4v) is 2.83. The SMILES string of the molecule is COc1cc(N2CCCCC2)ccc1C=Nc1ccc(F)cc1. The number of methoxy groups -OCH3 is 1. The number of piperidine rings is 1. The molecule has 0 aromatic heterocycles. The van der Waals surface area contributed by atoms with Crippen molar-refractivity contribution in [1.29, 1.82) is 0 Å². The molecular weight excluding hydrogens is 291 g/mol. The highest BCUT2D eigenvalue weighted by molar-refractivity contribution is 5.86. The van der Waals surface area contributed by atoms with Crippen molar-refractivity contribution >= 4 is 17.6 Å². The van der Waals surface area contributed by atoms with E-state index in [1.807, 2.05) is 6.07 Å². The van der Waals surface area contributed by atoms with Gasteiger partial charge in [-0.3, -0.25) is 4.99 Å². The zero-order chi connectivity index (χ0) is 16.1. The minimum atomic E-state index is -0.257. The summed E-state index contributed by atoms with van der Waals surface area (Å²) >= 11 is 0. The summed E-state index contributed by atoms with van der Waals surface area (Å²) in [6.07, 6.45) is 5.56. The molecule has 3 rings (SSSR count). The van der Waals surface area contributed by atoms with Crippen LogP contribution in [0.5, 0.6) is 5.75 Å². The van der Waals surface area contributed by atoms with E-state index in [4.69, 9.17) is 4.74 Å². The molecule has 1 heterocycles. The highest BCUT2D eigenvalue weighted by atomic mass is 19.1. The van der Waals surface area contributed by atoms with Gasteiger partial charge in [0.1, 0.15) is 11.6 Å². The summed E-state index contributed by atoms with van der Waals surface area (Å²) in [6.45, 7) is 2.21. The smallest absolute Gasteiger partial charge is 0.129 e. The van der Waals surface area contributed by atoms with Crippen molar-refractivity contribution in [2.75, 3.05) is 25.1 Å². The Morgan fingerprint density at radius 1 is 1.04 bits per heavy atom. The first-order valence-electron chi connectivity index (χ1n) is 7.99. The van der Waals surface area contributed by atoms with Crippen LogP contribution in [0.4, 0.5) is 15.8 Å². The zero-order valence-corrected chi connectivity index (χ0v) is 13.3. The maximum absolute atomic E-state index is 12.9. The van der Waals surface area contributed by atoms with Crippen LogP contribution >= 0.6 is 0 Å². The average molecular weight is 312 g/mol. The van der Waals surface area contributed by atoms with Crippen LogP contribution in [0.25, 0.3) is 0 Å². The topological polar surface area (TPSA) is 24.8 Å². The quantitative estimate of drug-likeness (QED) is 0.772. The van der Waals surface area contributed by atoms with E-state index in [0.29, 0.717) is 5.69 Å². The Hall–Kier alpha value is -2.36. The van der Waals surface area contributed by atoms with Gasteiger partial charge in [-0.15, -0.1) is 0 Å². The molecule has 1 aliphatic heterocycles. The predicted molar refractivity (Wildman–Crippen MR) is 92.7 cm³/mol. The van der Waals surface area contributed by atoms with Crippen molar-refractivity contribution < 1.29 is 9.13 Å². The zero-order valence-electron chi connectivity index (χ0n) is 13.3. The van der Waals surface area contributed by atoms with E-state index in [1.165, 1.54) is 37.1 Å². The lowest BCUT2D eigenvalue weighted by molar-refractivity contribution is 0.414. The Morgan fingerprint density at radius 3 is 2.48 bits per heavy atom. The lowest BCUT2D eigenvalue weighted by Crippen LogP contribution is -2.29. The lowest BCUT2D eigenvalue weighted by atomic mass is 10.1. The maximum Gasteiger partial charge on any atom is 0.129 e. The number of halogens is 1. The van der Waals surface area contributed by atoms with Crippen LogP contribution in [0.15, 0.2) is 47.5 Å². The van der Waals surface area contributed by atoms with E-state index in [9.17, 15) is 4.39 Å². The third kappa shape index (κ3) is 3.89. The molecule has 0 spiro atoms. The Labute approximate surface area is 136 Å². The minimum Gasteiger partial charge on any atom is -0.496 e. The molecule has 2 aromatic rings. The third-order valence-electron chi connectivity index (χ3n) is 4.12. The second kappa shape index (κ2) is 7.27. The van der Waals surface area contributed by atoms with Crippen molar-refractivity contribution in [3.63, 3.8) is 0 Å². The van der Waals surface area contributed by atoms with E-state index in [2.05, 4.69) is 22.0 Å². The number of ether oxygens (including phenoxy) is 1. The van der Waals surface area contributed by atoms with Gasteiger partial charge in [-0.2, -0.15) is 0 Å². The number of hydrogen-bond donors (Lipinski definition) is 0. The molecule has 0 amide bonds. The Kier molecular flexibility index (Phi) is 4.91. The molecular formula is C19H21FN2O. The highest BCUT2D eigenvalue weighted by Gasteiger charge is 2.12. The van der Waals surface area contributed by atoms with Crippen molar-refractivity contribution in [3.8, 4) is 5.75 Å². The summed E-state index contributed by atoms with van der Waals surface area (Å²) in [5.74, 6) is 0.548. The van der Waals surface area contributed by atoms with Crippen LogP contribution in [-0.4, -0.2) is 26.4 Å². The predicted octanol–water partition coefficient (Wildman–Crippen LogP) is 4.58. The van der Waals surface area contributed by atoms with E-state index in [-0.39, 0.29) is 5.82 Å². The molecule has 1 saturated heterocycles. The van der Waals surface area contributed by atoms with Crippen molar-refractivity contribution in [3.05, 3.63) is 53.8 Å². The van der Waals surface area contributed by atoms with Crippen LogP contribution in [0.2, 0.25) is 0 Å². The van der Waals surface area contributed by atoms with Gasteiger partial charge in [-0.1, -0.05) is 0 Å². The number of hydrogen-bond acceptors (Lipinski definition) is 3. The molecule has 3 nitrogen and oxygen atoms in total. The second-order valence-electron chi connectivity index (χ2n) is 5.71. The summed E-state index contributed by atoms with van der Waals surface area (Å²) < 4.78 is 18.4. The second-order valence-corrected chi connectivity index (χ2v) is 5.71. The van der Waals surface area contributed by atoms with Gasteiger partial charge in [0.2, 0.25) is 0 Å². The van der Waals surface area contributed by atoms with Gasteiger partial charge in [0, 0.05) is 36.6 Å². The van der Waals surface area contributed by atoms with Crippen LogP contribution < -0.4 is 9.64 Å². The van der Waals surface area contributed by atoms with Gasteiger partial charge in [-0.05, 0) is 55.7 Å². The normalized spacial score (nSPS) is 15.1. The number of anilines is 1. The molecule has 0 bridgehead atoms. The summed E-state index contributed by atoms with van der Waals surface area (Å²) in [5.41, 5.74) is 2.83. The molecule has 1 aliphatic rings.